The highest BCUT2D eigenvalue weighted by atomic mass is 32.1. The third kappa shape index (κ3) is 3.78. The first kappa shape index (κ1) is 14.0. The first-order chi connectivity index (χ1) is 9.06. The Morgan fingerprint density at radius 1 is 1.42 bits per heavy atom. The topological polar surface area (TPSA) is 42.1 Å². The number of aromatic nitrogens is 1. The van der Waals surface area contributed by atoms with Crippen molar-refractivity contribution in [1.29, 1.82) is 0 Å². The number of thiophene rings is 1. The Kier molecular flexibility index (Phi) is 4.56. The zero-order valence-electron chi connectivity index (χ0n) is 11.8. The predicted octanol–water partition coefficient (Wildman–Crippen LogP) is 2.98. The van der Waals surface area contributed by atoms with Crippen molar-refractivity contribution < 1.29 is 0 Å². The van der Waals surface area contributed by atoms with Crippen LogP contribution in [0.4, 0.5) is 5.82 Å². The van der Waals surface area contributed by atoms with Crippen molar-refractivity contribution in [3.63, 3.8) is 0 Å². The van der Waals surface area contributed by atoms with Crippen molar-refractivity contribution in [3.05, 3.63) is 45.8 Å². The molecule has 0 saturated carbocycles. The Morgan fingerprint density at radius 3 is 2.79 bits per heavy atom. The second-order valence-electron chi connectivity index (χ2n) is 5.15. The molecule has 0 bridgehead atoms. The number of aryl methyl sites for hydroxylation is 1. The standard InChI is InChI=1S/C15H21N3S/c1-11-6-14(7-12(2)16)8-17-15(11)18(3)9-13-4-5-19-10-13/h4-6,8,10,12H,7,9,16H2,1-3H3. The van der Waals surface area contributed by atoms with Gasteiger partial charge in [0.25, 0.3) is 0 Å². The third-order valence-electron chi connectivity index (χ3n) is 3.03. The minimum atomic E-state index is 0.176. The van der Waals surface area contributed by atoms with Crippen LogP contribution in [0.5, 0.6) is 0 Å². The van der Waals surface area contributed by atoms with Gasteiger partial charge in [0.1, 0.15) is 5.82 Å². The molecule has 0 aromatic carbocycles. The van der Waals surface area contributed by atoms with Gasteiger partial charge in [-0.15, -0.1) is 0 Å². The molecule has 0 saturated heterocycles. The molecule has 2 N–H and O–H groups in total. The van der Waals surface area contributed by atoms with Gasteiger partial charge in [-0.3, -0.25) is 0 Å². The average Bonchev–Trinajstić information content (AvgIpc) is 2.80. The summed E-state index contributed by atoms with van der Waals surface area (Å²) in [6.45, 7) is 5.02. The van der Waals surface area contributed by atoms with E-state index in [2.05, 4.69) is 46.7 Å². The van der Waals surface area contributed by atoms with Gasteiger partial charge in [-0.1, -0.05) is 6.07 Å². The number of nitrogens with zero attached hydrogens (tertiary/aromatic N) is 2. The molecule has 0 fully saturated rings. The maximum absolute atomic E-state index is 5.83. The highest BCUT2D eigenvalue weighted by Crippen LogP contribution is 2.20. The molecule has 0 aliphatic carbocycles. The fraction of sp³-hybridized carbons (Fsp3) is 0.400. The summed E-state index contributed by atoms with van der Waals surface area (Å²) in [4.78, 5) is 6.77. The SMILES string of the molecule is Cc1cc(CC(C)N)cnc1N(C)Cc1ccsc1. The van der Waals surface area contributed by atoms with E-state index < -0.39 is 0 Å². The molecule has 1 atom stereocenters. The van der Waals surface area contributed by atoms with Crippen molar-refractivity contribution >= 4 is 17.2 Å². The van der Waals surface area contributed by atoms with Crippen LogP contribution in [-0.2, 0) is 13.0 Å². The van der Waals surface area contributed by atoms with E-state index in [1.54, 1.807) is 11.3 Å². The molecule has 4 heteroatoms. The Labute approximate surface area is 119 Å². The first-order valence-corrected chi connectivity index (χ1v) is 7.44. The molecule has 0 spiro atoms. The van der Waals surface area contributed by atoms with Crippen LogP contribution in [0, 0.1) is 6.92 Å². The summed E-state index contributed by atoms with van der Waals surface area (Å²) in [5.41, 5.74) is 9.57. The van der Waals surface area contributed by atoms with Gasteiger partial charge in [-0.25, -0.2) is 4.98 Å². The van der Waals surface area contributed by atoms with E-state index in [0.29, 0.717) is 0 Å². The second kappa shape index (κ2) is 6.17. The summed E-state index contributed by atoms with van der Waals surface area (Å²) in [5, 5.41) is 4.28. The minimum Gasteiger partial charge on any atom is -0.355 e. The Morgan fingerprint density at radius 2 is 2.21 bits per heavy atom. The highest BCUT2D eigenvalue weighted by Gasteiger charge is 2.09. The number of anilines is 1. The largest absolute Gasteiger partial charge is 0.355 e. The summed E-state index contributed by atoms with van der Waals surface area (Å²) >= 11 is 1.73. The van der Waals surface area contributed by atoms with Crippen molar-refractivity contribution in [1.82, 2.24) is 4.98 Å². The van der Waals surface area contributed by atoms with Crippen LogP contribution < -0.4 is 10.6 Å². The molecule has 19 heavy (non-hydrogen) atoms. The fourth-order valence-electron chi connectivity index (χ4n) is 2.24. The summed E-state index contributed by atoms with van der Waals surface area (Å²) in [6.07, 6.45) is 2.82. The van der Waals surface area contributed by atoms with Crippen LogP contribution >= 0.6 is 11.3 Å². The summed E-state index contributed by atoms with van der Waals surface area (Å²) in [6, 6.07) is 4.52. The van der Waals surface area contributed by atoms with Crippen molar-refractivity contribution in [2.45, 2.75) is 32.9 Å². The predicted molar refractivity (Wildman–Crippen MR) is 82.8 cm³/mol. The molecule has 2 aromatic rings. The van der Waals surface area contributed by atoms with Gasteiger partial charge in [0.2, 0.25) is 0 Å². The van der Waals surface area contributed by atoms with Crippen LogP contribution in [0.15, 0.2) is 29.1 Å². The Balaban J connectivity index is 2.11. The lowest BCUT2D eigenvalue weighted by Gasteiger charge is -2.20. The van der Waals surface area contributed by atoms with Crippen LogP contribution in [0.2, 0.25) is 0 Å². The molecule has 0 aliphatic rings. The molecule has 2 rings (SSSR count). The monoisotopic (exact) mass is 275 g/mol. The van der Waals surface area contributed by atoms with Gasteiger partial charge < -0.3 is 10.6 Å². The van der Waals surface area contributed by atoms with E-state index in [1.165, 1.54) is 16.7 Å². The lowest BCUT2D eigenvalue weighted by Crippen LogP contribution is -2.20. The molecule has 1 unspecified atom stereocenters. The van der Waals surface area contributed by atoms with E-state index in [4.69, 9.17) is 5.73 Å². The molecule has 0 amide bonds. The Hall–Kier alpha value is -1.39. The minimum absolute atomic E-state index is 0.176. The zero-order valence-corrected chi connectivity index (χ0v) is 12.6. The molecule has 2 aromatic heterocycles. The van der Waals surface area contributed by atoms with Gasteiger partial charge in [0.05, 0.1) is 0 Å². The number of pyridine rings is 1. The molecule has 102 valence electrons. The van der Waals surface area contributed by atoms with Gasteiger partial charge in [-0.2, -0.15) is 11.3 Å². The van der Waals surface area contributed by atoms with E-state index in [9.17, 15) is 0 Å². The van der Waals surface area contributed by atoms with E-state index in [-0.39, 0.29) is 6.04 Å². The van der Waals surface area contributed by atoms with Crippen LogP contribution in [0.25, 0.3) is 0 Å². The zero-order chi connectivity index (χ0) is 13.8. The van der Waals surface area contributed by atoms with Crippen molar-refractivity contribution in [2.75, 3.05) is 11.9 Å². The molecule has 0 aliphatic heterocycles. The van der Waals surface area contributed by atoms with Gasteiger partial charge in [-0.05, 0) is 53.8 Å². The molecule has 0 radical (unpaired) electrons. The van der Waals surface area contributed by atoms with Gasteiger partial charge in [0.15, 0.2) is 0 Å². The average molecular weight is 275 g/mol. The van der Waals surface area contributed by atoms with Crippen LogP contribution in [-0.4, -0.2) is 18.1 Å². The van der Waals surface area contributed by atoms with Crippen LogP contribution in [0.3, 0.4) is 0 Å². The molecular weight excluding hydrogens is 254 g/mol. The van der Waals surface area contributed by atoms with Gasteiger partial charge >= 0.3 is 0 Å². The maximum atomic E-state index is 5.83. The maximum Gasteiger partial charge on any atom is 0.131 e. The summed E-state index contributed by atoms with van der Waals surface area (Å²) in [7, 11) is 2.08. The number of nitrogens with two attached hydrogens (primary N) is 1. The fourth-order valence-corrected chi connectivity index (χ4v) is 2.90. The normalized spacial score (nSPS) is 12.4. The van der Waals surface area contributed by atoms with Gasteiger partial charge in [0, 0.05) is 25.8 Å². The molecule has 3 nitrogen and oxygen atoms in total. The number of hydrogen-bond acceptors (Lipinski definition) is 4. The number of rotatable bonds is 5. The molecule has 2 heterocycles. The lowest BCUT2D eigenvalue weighted by atomic mass is 10.1. The summed E-state index contributed by atoms with van der Waals surface area (Å²) < 4.78 is 0. The van der Waals surface area contributed by atoms with Crippen molar-refractivity contribution in [3.8, 4) is 0 Å². The third-order valence-corrected chi connectivity index (χ3v) is 3.76. The quantitative estimate of drug-likeness (QED) is 0.912. The number of hydrogen-bond donors (Lipinski definition) is 1. The summed E-state index contributed by atoms with van der Waals surface area (Å²) in [5.74, 6) is 1.04. The lowest BCUT2D eigenvalue weighted by molar-refractivity contribution is 0.734. The van der Waals surface area contributed by atoms with E-state index in [0.717, 1.165) is 18.8 Å². The van der Waals surface area contributed by atoms with Crippen molar-refractivity contribution in [2.24, 2.45) is 5.73 Å². The highest BCUT2D eigenvalue weighted by molar-refractivity contribution is 7.07. The second-order valence-corrected chi connectivity index (χ2v) is 5.93. The first-order valence-electron chi connectivity index (χ1n) is 6.49. The smallest absolute Gasteiger partial charge is 0.131 e. The molecular formula is C15H21N3S. The Bertz CT molecular complexity index is 520. The van der Waals surface area contributed by atoms with E-state index in [1.807, 2.05) is 13.1 Å². The van der Waals surface area contributed by atoms with E-state index >= 15 is 0 Å². The van der Waals surface area contributed by atoms with Crippen LogP contribution in [0.1, 0.15) is 23.6 Å².